The van der Waals surface area contributed by atoms with Crippen molar-refractivity contribution in [1.82, 2.24) is 9.80 Å². The molecule has 1 aromatic heterocycles. The average Bonchev–Trinajstić information content (AvgIpc) is 2.99. The molecule has 0 saturated carbocycles. The summed E-state index contributed by atoms with van der Waals surface area (Å²) in [4.78, 5) is 38.9. The first-order chi connectivity index (χ1) is 9.63. The summed E-state index contributed by atoms with van der Waals surface area (Å²) in [5.41, 5.74) is 1.60. The van der Waals surface area contributed by atoms with Crippen LogP contribution in [-0.4, -0.2) is 51.8 Å². The maximum absolute atomic E-state index is 12.3. The normalized spacial score (nSPS) is 22.6. The van der Waals surface area contributed by atoms with Crippen LogP contribution >= 0.6 is 11.3 Å². The number of rotatable bonds is 3. The van der Waals surface area contributed by atoms with Crippen molar-refractivity contribution in [1.29, 1.82) is 0 Å². The van der Waals surface area contributed by atoms with Gasteiger partial charge in [-0.3, -0.25) is 19.3 Å². The van der Waals surface area contributed by atoms with E-state index in [1.165, 1.54) is 16.2 Å². The van der Waals surface area contributed by atoms with Gasteiger partial charge in [0.05, 0.1) is 18.7 Å². The Morgan fingerprint density at radius 1 is 1.30 bits per heavy atom. The molecule has 2 aliphatic heterocycles. The van der Waals surface area contributed by atoms with Gasteiger partial charge in [0.1, 0.15) is 6.04 Å². The van der Waals surface area contributed by atoms with Gasteiger partial charge in [-0.05, 0) is 17.4 Å². The van der Waals surface area contributed by atoms with Crippen LogP contribution in [0.5, 0.6) is 0 Å². The van der Waals surface area contributed by atoms with Gasteiger partial charge in [-0.2, -0.15) is 11.3 Å². The van der Waals surface area contributed by atoms with Crippen LogP contribution in [0.2, 0.25) is 0 Å². The van der Waals surface area contributed by atoms with Gasteiger partial charge >= 0.3 is 0 Å². The van der Waals surface area contributed by atoms with Crippen LogP contribution in [0, 0.1) is 0 Å². The molecule has 1 aromatic rings. The second kappa shape index (κ2) is 4.99. The number of amides is 3. The minimum atomic E-state index is -0.593. The molecule has 0 aromatic carbocycles. The summed E-state index contributed by atoms with van der Waals surface area (Å²) in [6, 6.07) is -0.593. The molecule has 3 heterocycles. The van der Waals surface area contributed by atoms with Crippen molar-refractivity contribution < 1.29 is 19.5 Å². The lowest BCUT2D eigenvalue weighted by Gasteiger charge is -2.35. The van der Waals surface area contributed by atoms with Gasteiger partial charge in [-0.1, -0.05) is 0 Å². The molecule has 1 N–H and O–H groups in total. The molecule has 20 heavy (non-hydrogen) atoms. The highest BCUT2D eigenvalue weighted by molar-refractivity contribution is 7.08. The number of likely N-dealkylation sites (tertiary alicyclic amines) is 1. The Morgan fingerprint density at radius 3 is 2.80 bits per heavy atom. The van der Waals surface area contributed by atoms with E-state index in [1.54, 1.807) is 5.38 Å². The van der Waals surface area contributed by atoms with E-state index >= 15 is 0 Å². The van der Waals surface area contributed by atoms with Crippen LogP contribution in [0.4, 0.5) is 0 Å². The standard InChI is InChI=1S/C13H14N2O4S/c16-4-3-14-11(17)2-1-10(13(14)19)15-5-8-6-20-7-9(8)12(15)18/h6-7,10,16H,1-5H2. The fourth-order valence-electron chi connectivity index (χ4n) is 2.74. The van der Waals surface area contributed by atoms with Crippen LogP contribution in [0.3, 0.4) is 0 Å². The van der Waals surface area contributed by atoms with E-state index in [1.807, 2.05) is 5.38 Å². The molecule has 106 valence electrons. The molecule has 2 aliphatic rings. The molecule has 0 radical (unpaired) electrons. The van der Waals surface area contributed by atoms with Crippen molar-refractivity contribution in [2.45, 2.75) is 25.4 Å². The molecular formula is C13H14N2O4S. The van der Waals surface area contributed by atoms with Gasteiger partial charge in [0, 0.05) is 18.3 Å². The third kappa shape index (κ3) is 1.94. The minimum Gasteiger partial charge on any atom is -0.395 e. The highest BCUT2D eigenvalue weighted by atomic mass is 32.1. The summed E-state index contributed by atoms with van der Waals surface area (Å²) < 4.78 is 0. The van der Waals surface area contributed by atoms with E-state index in [0.29, 0.717) is 18.5 Å². The van der Waals surface area contributed by atoms with Gasteiger partial charge in [0.25, 0.3) is 11.8 Å². The van der Waals surface area contributed by atoms with Gasteiger partial charge in [-0.15, -0.1) is 0 Å². The lowest BCUT2D eigenvalue weighted by atomic mass is 10.0. The van der Waals surface area contributed by atoms with Gasteiger partial charge < -0.3 is 10.0 Å². The summed E-state index contributed by atoms with van der Waals surface area (Å²) in [7, 11) is 0. The van der Waals surface area contributed by atoms with Crippen molar-refractivity contribution >= 4 is 29.1 Å². The second-order valence-corrected chi connectivity index (χ2v) is 5.65. The first kappa shape index (κ1) is 13.3. The predicted molar refractivity (Wildman–Crippen MR) is 71.0 cm³/mol. The molecule has 0 aliphatic carbocycles. The molecule has 7 heteroatoms. The predicted octanol–water partition coefficient (Wildman–Crippen LogP) is 0.214. The monoisotopic (exact) mass is 294 g/mol. The highest BCUT2D eigenvalue weighted by Crippen LogP contribution is 2.30. The molecule has 1 atom stereocenters. The number of aliphatic hydroxyl groups is 1. The highest BCUT2D eigenvalue weighted by Gasteiger charge is 2.42. The number of piperidine rings is 1. The van der Waals surface area contributed by atoms with E-state index in [2.05, 4.69) is 0 Å². The number of carbonyl (C=O) groups is 3. The molecule has 3 rings (SSSR count). The summed E-state index contributed by atoms with van der Waals surface area (Å²) in [6.45, 7) is 0.164. The number of hydrogen-bond acceptors (Lipinski definition) is 5. The van der Waals surface area contributed by atoms with Gasteiger partial charge in [0.2, 0.25) is 5.91 Å². The van der Waals surface area contributed by atoms with Crippen LogP contribution in [-0.2, 0) is 16.1 Å². The fourth-order valence-corrected chi connectivity index (χ4v) is 3.56. The summed E-state index contributed by atoms with van der Waals surface area (Å²) in [6.07, 6.45) is 0.589. The van der Waals surface area contributed by atoms with Crippen molar-refractivity contribution in [2.75, 3.05) is 13.2 Å². The molecule has 6 nitrogen and oxygen atoms in total. The van der Waals surface area contributed by atoms with Crippen molar-refractivity contribution in [2.24, 2.45) is 0 Å². The third-order valence-corrected chi connectivity index (χ3v) is 4.55. The Bertz CT molecular complexity index is 583. The molecule has 3 amide bonds. The number of imide groups is 1. The number of fused-ring (bicyclic) bond motifs is 1. The molecule has 0 spiro atoms. The smallest absolute Gasteiger partial charge is 0.256 e. The minimum absolute atomic E-state index is 0.00254. The van der Waals surface area contributed by atoms with E-state index in [0.717, 1.165) is 10.5 Å². The molecule has 0 bridgehead atoms. The molecule has 1 unspecified atom stereocenters. The maximum Gasteiger partial charge on any atom is 0.256 e. The van der Waals surface area contributed by atoms with E-state index in [9.17, 15) is 14.4 Å². The number of aliphatic hydroxyl groups excluding tert-OH is 1. The fraction of sp³-hybridized carbons (Fsp3) is 0.462. The quantitative estimate of drug-likeness (QED) is 0.809. The zero-order valence-corrected chi connectivity index (χ0v) is 11.6. The van der Waals surface area contributed by atoms with E-state index in [4.69, 9.17) is 5.11 Å². The van der Waals surface area contributed by atoms with Crippen LogP contribution in [0.1, 0.15) is 28.8 Å². The Hall–Kier alpha value is -1.73. The number of carbonyl (C=O) groups excluding carboxylic acids is 3. The van der Waals surface area contributed by atoms with Crippen molar-refractivity contribution in [3.05, 3.63) is 21.9 Å². The lowest BCUT2D eigenvalue weighted by Crippen LogP contribution is -2.55. The number of β-amino-alcohol motifs (C(OH)–C–C–N with tert-alkyl or cyclic N) is 1. The molecule has 1 fully saturated rings. The SMILES string of the molecule is O=C1CCC(N2Cc3cscc3C2=O)C(=O)N1CCO. The van der Waals surface area contributed by atoms with Crippen LogP contribution in [0.25, 0.3) is 0 Å². The summed E-state index contributed by atoms with van der Waals surface area (Å²) >= 11 is 1.47. The topological polar surface area (TPSA) is 77.9 Å². The summed E-state index contributed by atoms with van der Waals surface area (Å²) in [5.74, 6) is -0.795. The van der Waals surface area contributed by atoms with Crippen molar-refractivity contribution in [3.63, 3.8) is 0 Å². The lowest BCUT2D eigenvalue weighted by molar-refractivity contribution is -0.152. The van der Waals surface area contributed by atoms with E-state index in [-0.39, 0.29) is 37.3 Å². The van der Waals surface area contributed by atoms with Crippen LogP contribution < -0.4 is 0 Å². The van der Waals surface area contributed by atoms with Gasteiger partial charge in [0.15, 0.2) is 0 Å². The Kier molecular flexibility index (Phi) is 3.31. The number of nitrogens with zero attached hydrogens (tertiary/aromatic N) is 2. The number of hydrogen-bond donors (Lipinski definition) is 1. The van der Waals surface area contributed by atoms with Crippen molar-refractivity contribution in [3.8, 4) is 0 Å². The first-order valence-electron chi connectivity index (χ1n) is 6.44. The molecule has 1 saturated heterocycles. The Labute approximate surface area is 119 Å². The Morgan fingerprint density at radius 2 is 2.10 bits per heavy atom. The van der Waals surface area contributed by atoms with Crippen LogP contribution in [0.15, 0.2) is 10.8 Å². The summed E-state index contributed by atoms with van der Waals surface area (Å²) in [5, 5.41) is 12.6. The second-order valence-electron chi connectivity index (χ2n) is 4.91. The zero-order chi connectivity index (χ0) is 14.3. The largest absolute Gasteiger partial charge is 0.395 e. The maximum atomic E-state index is 12.3. The first-order valence-corrected chi connectivity index (χ1v) is 7.39. The Balaban J connectivity index is 1.81. The average molecular weight is 294 g/mol. The molecular weight excluding hydrogens is 280 g/mol. The third-order valence-electron chi connectivity index (χ3n) is 3.76. The van der Waals surface area contributed by atoms with E-state index < -0.39 is 6.04 Å². The zero-order valence-electron chi connectivity index (χ0n) is 10.7. The van der Waals surface area contributed by atoms with Gasteiger partial charge in [-0.25, -0.2) is 0 Å². The number of thiophene rings is 1.